The minimum atomic E-state index is -0.347. The first-order chi connectivity index (χ1) is 15.0. The number of aromatic nitrogens is 1. The summed E-state index contributed by atoms with van der Waals surface area (Å²) in [5, 5.41) is 5.33. The van der Waals surface area contributed by atoms with Crippen LogP contribution in [-0.2, 0) is 11.3 Å². The van der Waals surface area contributed by atoms with Gasteiger partial charge >= 0.3 is 0 Å². The molecule has 0 aliphatic carbocycles. The molecular weight excluding hydrogens is 398 g/mol. The Morgan fingerprint density at radius 3 is 2.48 bits per heavy atom. The molecule has 0 unspecified atom stereocenters. The molecule has 3 rings (SSSR count). The van der Waals surface area contributed by atoms with Gasteiger partial charge in [0.05, 0.1) is 18.7 Å². The lowest BCUT2D eigenvalue weighted by Gasteiger charge is -2.11. The highest BCUT2D eigenvalue weighted by atomic mass is 16.5. The number of rotatable bonds is 9. The van der Waals surface area contributed by atoms with E-state index in [0.717, 1.165) is 5.56 Å². The number of ether oxygens (including phenoxy) is 2. The molecule has 31 heavy (non-hydrogen) atoms. The van der Waals surface area contributed by atoms with Crippen molar-refractivity contribution < 1.29 is 23.5 Å². The zero-order valence-electron chi connectivity index (χ0n) is 17.7. The van der Waals surface area contributed by atoms with Gasteiger partial charge in [-0.3, -0.25) is 9.59 Å². The Morgan fingerprint density at radius 1 is 1.06 bits per heavy atom. The third-order valence-electron chi connectivity index (χ3n) is 4.35. The quantitative estimate of drug-likeness (QED) is 0.546. The molecule has 0 saturated heterocycles. The molecule has 8 heteroatoms. The van der Waals surface area contributed by atoms with Crippen LogP contribution in [0.25, 0.3) is 0 Å². The van der Waals surface area contributed by atoms with Gasteiger partial charge in [0.1, 0.15) is 11.5 Å². The van der Waals surface area contributed by atoms with Crippen molar-refractivity contribution in [2.45, 2.75) is 27.3 Å². The van der Waals surface area contributed by atoms with E-state index in [2.05, 4.69) is 15.6 Å². The SMILES string of the molecule is CCOc1ccccc1Oc1ccc(CNC(=O)CNC(=O)c2cc(C)oc2C)cn1. The second kappa shape index (κ2) is 10.3. The van der Waals surface area contributed by atoms with Crippen molar-refractivity contribution in [2.75, 3.05) is 13.2 Å². The summed E-state index contributed by atoms with van der Waals surface area (Å²) in [7, 11) is 0. The molecule has 0 radical (unpaired) electrons. The number of aryl methyl sites for hydroxylation is 2. The number of amides is 2. The molecule has 0 fully saturated rings. The monoisotopic (exact) mass is 423 g/mol. The maximum absolute atomic E-state index is 12.1. The second-order valence-corrected chi connectivity index (χ2v) is 6.77. The molecule has 2 aromatic heterocycles. The standard InChI is InChI=1S/C23H25N3O5/c1-4-29-19-7-5-6-8-20(19)31-22-10-9-17(13-25-22)12-24-21(27)14-26-23(28)18-11-15(2)30-16(18)3/h5-11,13H,4,12,14H2,1-3H3,(H,24,27)(H,26,28). The summed E-state index contributed by atoms with van der Waals surface area (Å²) in [6, 6.07) is 12.5. The fourth-order valence-electron chi connectivity index (χ4n) is 2.87. The first-order valence-electron chi connectivity index (χ1n) is 9.92. The van der Waals surface area contributed by atoms with Crippen molar-refractivity contribution in [1.82, 2.24) is 15.6 Å². The van der Waals surface area contributed by atoms with Crippen LogP contribution in [0.2, 0.25) is 0 Å². The first-order valence-corrected chi connectivity index (χ1v) is 9.92. The van der Waals surface area contributed by atoms with Gasteiger partial charge in [-0.15, -0.1) is 0 Å². The molecule has 0 aliphatic rings. The fourth-order valence-corrected chi connectivity index (χ4v) is 2.87. The van der Waals surface area contributed by atoms with E-state index in [1.165, 1.54) is 0 Å². The number of hydrogen-bond donors (Lipinski definition) is 2. The molecule has 0 atom stereocenters. The van der Waals surface area contributed by atoms with Crippen molar-refractivity contribution in [3.63, 3.8) is 0 Å². The number of nitrogens with zero attached hydrogens (tertiary/aromatic N) is 1. The van der Waals surface area contributed by atoms with Gasteiger partial charge in [-0.1, -0.05) is 18.2 Å². The fraction of sp³-hybridized carbons (Fsp3) is 0.261. The molecule has 0 aliphatic heterocycles. The molecule has 0 bridgehead atoms. The van der Waals surface area contributed by atoms with Crippen molar-refractivity contribution in [3.05, 3.63) is 71.3 Å². The van der Waals surface area contributed by atoms with E-state index in [1.54, 1.807) is 38.2 Å². The van der Waals surface area contributed by atoms with Crippen LogP contribution >= 0.6 is 0 Å². The lowest BCUT2D eigenvalue weighted by atomic mass is 10.2. The van der Waals surface area contributed by atoms with E-state index >= 15 is 0 Å². The van der Waals surface area contributed by atoms with Gasteiger partial charge < -0.3 is 24.5 Å². The molecule has 8 nitrogen and oxygen atoms in total. The lowest BCUT2D eigenvalue weighted by Crippen LogP contribution is -2.36. The summed E-state index contributed by atoms with van der Waals surface area (Å²) < 4.78 is 16.6. The Morgan fingerprint density at radius 2 is 1.84 bits per heavy atom. The molecule has 1 aromatic carbocycles. The van der Waals surface area contributed by atoms with E-state index in [9.17, 15) is 9.59 Å². The van der Waals surface area contributed by atoms with Gasteiger partial charge in [0, 0.05) is 18.8 Å². The van der Waals surface area contributed by atoms with Crippen LogP contribution in [0.5, 0.6) is 17.4 Å². The summed E-state index contributed by atoms with van der Waals surface area (Å²) in [5.41, 5.74) is 1.22. The van der Waals surface area contributed by atoms with Gasteiger partial charge in [0.25, 0.3) is 5.91 Å². The number of furan rings is 1. The molecular formula is C23H25N3O5. The van der Waals surface area contributed by atoms with Crippen LogP contribution in [-0.4, -0.2) is 29.9 Å². The van der Waals surface area contributed by atoms with Crippen LogP contribution < -0.4 is 20.1 Å². The van der Waals surface area contributed by atoms with E-state index < -0.39 is 0 Å². The number of para-hydroxylation sites is 2. The number of benzene rings is 1. The molecule has 2 N–H and O–H groups in total. The zero-order valence-corrected chi connectivity index (χ0v) is 17.7. The number of carbonyl (C=O) groups excluding carboxylic acids is 2. The highest BCUT2D eigenvalue weighted by molar-refractivity contribution is 5.97. The Kier molecular flexibility index (Phi) is 7.26. The second-order valence-electron chi connectivity index (χ2n) is 6.77. The van der Waals surface area contributed by atoms with Gasteiger partial charge in [0.15, 0.2) is 11.5 Å². The topological polar surface area (TPSA) is 103 Å². The van der Waals surface area contributed by atoms with Gasteiger partial charge in [-0.05, 0) is 44.5 Å². The highest BCUT2D eigenvalue weighted by Crippen LogP contribution is 2.30. The predicted octanol–water partition coefficient (Wildman–Crippen LogP) is 3.53. The Bertz CT molecular complexity index is 1040. The maximum atomic E-state index is 12.1. The number of nitrogens with one attached hydrogen (secondary N) is 2. The zero-order chi connectivity index (χ0) is 22.2. The van der Waals surface area contributed by atoms with Crippen LogP contribution in [0.15, 0.2) is 53.1 Å². The van der Waals surface area contributed by atoms with Crippen molar-refractivity contribution in [1.29, 1.82) is 0 Å². The average molecular weight is 423 g/mol. The van der Waals surface area contributed by atoms with Crippen molar-refractivity contribution in [2.24, 2.45) is 0 Å². The van der Waals surface area contributed by atoms with Gasteiger partial charge in [-0.25, -0.2) is 4.98 Å². The summed E-state index contributed by atoms with van der Waals surface area (Å²) in [6.45, 7) is 6.06. The Hall–Kier alpha value is -3.81. The number of carbonyl (C=O) groups is 2. The molecule has 162 valence electrons. The third kappa shape index (κ3) is 6.08. The van der Waals surface area contributed by atoms with Crippen LogP contribution in [0.3, 0.4) is 0 Å². The van der Waals surface area contributed by atoms with Crippen molar-refractivity contribution in [3.8, 4) is 17.4 Å². The minimum Gasteiger partial charge on any atom is -0.490 e. The smallest absolute Gasteiger partial charge is 0.255 e. The summed E-state index contributed by atoms with van der Waals surface area (Å²) in [5.74, 6) is 2.15. The number of hydrogen-bond acceptors (Lipinski definition) is 6. The predicted molar refractivity (Wildman–Crippen MR) is 114 cm³/mol. The summed E-state index contributed by atoms with van der Waals surface area (Å²) >= 11 is 0. The average Bonchev–Trinajstić information content (AvgIpc) is 3.11. The minimum absolute atomic E-state index is 0.134. The van der Waals surface area contributed by atoms with Gasteiger partial charge in [-0.2, -0.15) is 0 Å². The number of pyridine rings is 1. The largest absolute Gasteiger partial charge is 0.490 e. The molecule has 2 amide bonds. The van der Waals surface area contributed by atoms with Crippen molar-refractivity contribution >= 4 is 11.8 Å². The van der Waals surface area contributed by atoms with Crippen LogP contribution in [0, 0.1) is 13.8 Å². The molecule has 3 aromatic rings. The highest BCUT2D eigenvalue weighted by Gasteiger charge is 2.14. The maximum Gasteiger partial charge on any atom is 0.255 e. The molecule has 2 heterocycles. The van der Waals surface area contributed by atoms with E-state index in [-0.39, 0.29) is 24.9 Å². The Balaban J connectivity index is 1.47. The van der Waals surface area contributed by atoms with E-state index in [4.69, 9.17) is 13.9 Å². The summed E-state index contributed by atoms with van der Waals surface area (Å²) in [6.07, 6.45) is 1.62. The molecule has 0 spiro atoms. The normalized spacial score (nSPS) is 10.4. The third-order valence-corrected chi connectivity index (χ3v) is 4.35. The van der Waals surface area contributed by atoms with Crippen LogP contribution in [0.1, 0.15) is 34.4 Å². The van der Waals surface area contributed by atoms with E-state index in [1.807, 2.05) is 31.2 Å². The lowest BCUT2D eigenvalue weighted by molar-refractivity contribution is -0.120. The van der Waals surface area contributed by atoms with Crippen LogP contribution in [0.4, 0.5) is 0 Å². The first kappa shape index (κ1) is 21.9. The summed E-state index contributed by atoms with van der Waals surface area (Å²) in [4.78, 5) is 28.4. The van der Waals surface area contributed by atoms with Gasteiger partial charge in [0.2, 0.25) is 11.8 Å². The Labute approximate surface area is 180 Å². The van der Waals surface area contributed by atoms with E-state index in [0.29, 0.717) is 41.1 Å². The molecule has 0 saturated carbocycles.